The Kier molecular flexibility index (Phi) is 7.82. The maximum absolute atomic E-state index is 13.0. The van der Waals surface area contributed by atoms with E-state index in [-0.39, 0.29) is 28.7 Å². The predicted octanol–water partition coefficient (Wildman–Crippen LogP) is 2.36. The highest BCUT2D eigenvalue weighted by Gasteiger charge is 2.34. The second-order valence-electron chi connectivity index (χ2n) is 7.96. The fourth-order valence-electron chi connectivity index (χ4n) is 3.78. The first-order valence-electron chi connectivity index (χ1n) is 10.7. The fourth-order valence-corrected chi connectivity index (χ4v) is 5.33. The number of carbonyl (C=O) groups is 2. The van der Waals surface area contributed by atoms with Crippen molar-refractivity contribution >= 4 is 21.8 Å². The molecular formula is C24H29N3O4S. The Hall–Kier alpha value is -2.97. The normalized spacial score (nSPS) is 19.2. The molecule has 1 saturated heterocycles. The maximum Gasteiger partial charge on any atom is 0.251 e. The van der Waals surface area contributed by atoms with Gasteiger partial charge in [0, 0.05) is 31.2 Å². The van der Waals surface area contributed by atoms with Crippen LogP contribution < -0.4 is 10.6 Å². The van der Waals surface area contributed by atoms with Gasteiger partial charge in [0.2, 0.25) is 15.9 Å². The van der Waals surface area contributed by atoms with Gasteiger partial charge in [-0.2, -0.15) is 4.31 Å². The zero-order valence-electron chi connectivity index (χ0n) is 18.2. The van der Waals surface area contributed by atoms with Gasteiger partial charge in [-0.1, -0.05) is 43.8 Å². The monoisotopic (exact) mass is 455 g/mol. The highest BCUT2D eigenvalue weighted by molar-refractivity contribution is 7.89. The van der Waals surface area contributed by atoms with Crippen LogP contribution in [-0.4, -0.2) is 50.2 Å². The number of carbonyl (C=O) groups excluding carboxylic acids is 2. The van der Waals surface area contributed by atoms with E-state index in [1.165, 1.54) is 34.6 Å². The summed E-state index contributed by atoms with van der Waals surface area (Å²) in [4.78, 5) is 24.1. The van der Waals surface area contributed by atoms with Crippen molar-refractivity contribution in [3.63, 3.8) is 0 Å². The lowest BCUT2D eigenvalue weighted by Gasteiger charge is -2.36. The summed E-state index contributed by atoms with van der Waals surface area (Å²) in [5.74, 6) is -0.523. The number of benzene rings is 2. The van der Waals surface area contributed by atoms with E-state index in [1.807, 2.05) is 37.3 Å². The topological polar surface area (TPSA) is 95.6 Å². The van der Waals surface area contributed by atoms with Gasteiger partial charge >= 0.3 is 0 Å². The Morgan fingerprint density at radius 2 is 1.81 bits per heavy atom. The van der Waals surface area contributed by atoms with Crippen molar-refractivity contribution < 1.29 is 18.0 Å². The highest BCUT2D eigenvalue weighted by atomic mass is 32.2. The summed E-state index contributed by atoms with van der Waals surface area (Å²) in [5, 5.41) is 5.71. The van der Waals surface area contributed by atoms with Crippen LogP contribution >= 0.6 is 0 Å². The van der Waals surface area contributed by atoms with Crippen LogP contribution in [0.4, 0.5) is 0 Å². The van der Waals surface area contributed by atoms with Crippen molar-refractivity contribution in [3.8, 4) is 0 Å². The van der Waals surface area contributed by atoms with Crippen LogP contribution in [-0.2, 0) is 21.2 Å². The molecule has 2 amide bonds. The number of piperidine rings is 1. The zero-order chi connectivity index (χ0) is 23.1. The number of amides is 2. The third kappa shape index (κ3) is 5.83. The number of nitrogens with zero attached hydrogens (tertiary/aromatic N) is 1. The Morgan fingerprint density at radius 3 is 2.44 bits per heavy atom. The molecule has 0 spiro atoms. The largest absolute Gasteiger partial charge is 0.352 e. The van der Waals surface area contributed by atoms with E-state index in [0.29, 0.717) is 31.6 Å². The van der Waals surface area contributed by atoms with Gasteiger partial charge in [-0.25, -0.2) is 8.42 Å². The van der Waals surface area contributed by atoms with Crippen molar-refractivity contribution in [2.24, 2.45) is 5.92 Å². The number of hydrogen-bond donors (Lipinski definition) is 2. The quantitative estimate of drug-likeness (QED) is 0.598. The number of hydrogen-bond acceptors (Lipinski definition) is 4. The van der Waals surface area contributed by atoms with Gasteiger partial charge in [-0.15, -0.1) is 0 Å². The third-order valence-corrected chi connectivity index (χ3v) is 7.56. The van der Waals surface area contributed by atoms with E-state index in [0.717, 1.165) is 12.0 Å². The van der Waals surface area contributed by atoms with Crippen molar-refractivity contribution in [3.05, 3.63) is 78.4 Å². The van der Waals surface area contributed by atoms with Crippen LogP contribution in [0.25, 0.3) is 0 Å². The van der Waals surface area contributed by atoms with Crippen LogP contribution in [0.1, 0.15) is 29.3 Å². The summed E-state index contributed by atoms with van der Waals surface area (Å²) in [6.07, 6.45) is 2.47. The molecular weight excluding hydrogens is 426 g/mol. The lowest BCUT2D eigenvalue weighted by Crippen LogP contribution is -2.51. The Balaban J connectivity index is 1.58. The first-order valence-corrected chi connectivity index (χ1v) is 12.1. The molecule has 170 valence electrons. The molecule has 2 atom stereocenters. The van der Waals surface area contributed by atoms with Crippen LogP contribution in [0, 0.1) is 5.92 Å². The standard InChI is InChI=1S/C24H29N3O4S/c1-3-23(28)26-22-14-16-27(17-18(22)2)32(30,31)21-11-9-20(10-12-21)24(29)25-15-13-19-7-5-4-6-8-19/h3-12,18,22H,1,13-17H2,2H3,(H,25,29)(H,26,28). The predicted molar refractivity (Wildman–Crippen MR) is 124 cm³/mol. The van der Waals surface area contributed by atoms with E-state index in [2.05, 4.69) is 17.2 Å². The zero-order valence-corrected chi connectivity index (χ0v) is 19.0. The summed E-state index contributed by atoms with van der Waals surface area (Å²) >= 11 is 0. The summed E-state index contributed by atoms with van der Waals surface area (Å²) in [6, 6.07) is 15.8. The van der Waals surface area contributed by atoms with E-state index in [4.69, 9.17) is 0 Å². The molecule has 3 rings (SSSR count). The molecule has 1 aliphatic rings. The highest BCUT2D eigenvalue weighted by Crippen LogP contribution is 2.24. The number of nitrogens with one attached hydrogen (secondary N) is 2. The van der Waals surface area contributed by atoms with E-state index < -0.39 is 10.0 Å². The van der Waals surface area contributed by atoms with Crippen LogP contribution in [0.3, 0.4) is 0 Å². The average molecular weight is 456 g/mol. The number of sulfonamides is 1. The maximum atomic E-state index is 13.0. The first kappa shape index (κ1) is 23.7. The van der Waals surface area contributed by atoms with E-state index in [1.54, 1.807) is 0 Å². The van der Waals surface area contributed by atoms with E-state index in [9.17, 15) is 18.0 Å². The van der Waals surface area contributed by atoms with Gasteiger partial charge in [0.25, 0.3) is 5.91 Å². The molecule has 0 aliphatic carbocycles. The lowest BCUT2D eigenvalue weighted by molar-refractivity contribution is -0.117. The molecule has 2 aromatic rings. The minimum Gasteiger partial charge on any atom is -0.352 e. The smallest absolute Gasteiger partial charge is 0.251 e. The fraction of sp³-hybridized carbons (Fsp3) is 0.333. The summed E-state index contributed by atoms with van der Waals surface area (Å²) in [5.41, 5.74) is 1.55. The first-order chi connectivity index (χ1) is 15.3. The Labute approximate surface area is 189 Å². The second-order valence-corrected chi connectivity index (χ2v) is 9.90. The van der Waals surface area contributed by atoms with Gasteiger partial charge < -0.3 is 10.6 Å². The van der Waals surface area contributed by atoms with Gasteiger partial charge in [0.05, 0.1) is 4.90 Å². The Morgan fingerprint density at radius 1 is 1.12 bits per heavy atom. The lowest BCUT2D eigenvalue weighted by atomic mass is 9.95. The molecule has 0 radical (unpaired) electrons. The molecule has 2 unspecified atom stereocenters. The average Bonchev–Trinajstić information content (AvgIpc) is 2.81. The number of rotatable bonds is 8. The van der Waals surface area contributed by atoms with Crippen molar-refractivity contribution in [1.82, 2.24) is 14.9 Å². The SMILES string of the molecule is C=CC(=O)NC1CCN(S(=O)(=O)c2ccc(C(=O)NCCc3ccccc3)cc2)CC1C. The van der Waals surface area contributed by atoms with Gasteiger partial charge in [0.15, 0.2) is 0 Å². The van der Waals surface area contributed by atoms with Crippen LogP contribution in [0.15, 0.2) is 72.1 Å². The van der Waals surface area contributed by atoms with Crippen molar-refractivity contribution in [2.75, 3.05) is 19.6 Å². The van der Waals surface area contributed by atoms with Crippen LogP contribution in [0.5, 0.6) is 0 Å². The molecule has 8 heteroatoms. The molecule has 1 heterocycles. The molecule has 7 nitrogen and oxygen atoms in total. The molecule has 32 heavy (non-hydrogen) atoms. The summed E-state index contributed by atoms with van der Waals surface area (Å²) in [7, 11) is -3.68. The Bertz CT molecular complexity index is 1050. The molecule has 0 bridgehead atoms. The minimum absolute atomic E-state index is 0.0305. The molecule has 0 saturated carbocycles. The summed E-state index contributed by atoms with van der Waals surface area (Å²) < 4.78 is 27.5. The molecule has 0 aromatic heterocycles. The molecule has 2 aromatic carbocycles. The van der Waals surface area contributed by atoms with Gasteiger partial charge in [-0.3, -0.25) is 9.59 Å². The third-order valence-electron chi connectivity index (χ3n) is 5.68. The van der Waals surface area contributed by atoms with Crippen molar-refractivity contribution in [1.29, 1.82) is 0 Å². The molecule has 1 aliphatic heterocycles. The van der Waals surface area contributed by atoms with Gasteiger partial charge in [-0.05, 0) is 54.7 Å². The molecule has 1 fully saturated rings. The van der Waals surface area contributed by atoms with E-state index >= 15 is 0 Å². The summed E-state index contributed by atoms with van der Waals surface area (Å²) in [6.45, 7) is 6.49. The van der Waals surface area contributed by atoms with Gasteiger partial charge in [0.1, 0.15) is 0 Å². The van der Waals surface area contributed by atoms with Crippen LogP contribution in [0.2, 0.25) is 0 Å². The minimum atomic E-state index is -3.68. The van der Waals surface area contributed by atoms with Crippen molar-refractivity contribution in [2.45, 2.75) is 30.7 Å². The second kappa shape index (κ2) is 10.6. The molecule has 2 N–H and O–H groups in total.